The molecule has 3 atom stereocenters. The minimum Gasteiger partial charge on any atom is -0.444 e. The van der Waals surface area contributed by atoms with Gasteiger partial charge in [0.05, 0.1) is 24.9 Å². The number of hydrogen-bond acceptors (Lipinski definition) is 4. The van der Waals surface area contributed by atoms with Crippen molar-refractivity contribution in [1.29, 1.82) is 0 Å². The zero-order chi connectivity index (χ0) is 20.0. The SMILES string of the molecule is CC(C)(C)OC(=O)N1[C@@H](Cc2cc(F)cc(F)c2)C(C[C@H]2CO2)OC1(C)C. The van der Waals surface area contributed by atoms with Gasteiger partial charge in [-0.05, 0) is 58.7 Å². The van der Waals surface area contributed by atoms with E-state index in [1.165, 1.54) is 12.1 Å². The summed E-state index contributed by atoms with van der Waals surface area (Å²) in [6.45, 7) is 9.63. The normalized spacial score (nSPS) is 26.9. The summed E-state index contributed by atoms with van der Waals surface area (Å²) in [5.74, 6) is -1.29. The van der Waals surface area contributed by atoms with Gasteiger partial charge in [0.25, 0.3) is 0 Å². The molecule has 0 aliphatic carbocycles. The van der Waals surface area contributed by atoms with E-state index in [0.717, 1.165) is 6.07 Å². The number of hydrogen-bond donors (Lipinski definition) is 0. The summed E-state index contributed by atoms with van der Waals surface area (Å²) in [6, 6.07) is 2.98. The van der Waals surface area contributed by atoms with Crippen molar-refractivity contribution < 1.29 is 27.8 Å². The van der Waals surface area contributed by atoms with Gasteiger partial charge in [-0.3, -0.25) is 4.90 Å². The van der Waals surface area contributed by atoms with Crippen molar-refractivity contribution in [3.8, 4) is 0 Å². The van der Waals surface area contributed by atoms with Crippen LogP contribution >= 0.6 is 0 Å². The standard InChI is InChI=1S/C20H27F2NO4/c1-19(2,3)27-18(24)23-16(8-12-6-13(21)9-14(22)7-12)17(10-15-11-25-15)26-20(23,4)5/h6-7,9,15-17H,8,10-11H2,1-5H3/t15-,16-,17?/m0/s1. The molecule has 0 bridgehead atoms. The van der Waals surface area contributed by atoms with E-state index in [9.17, 15) is 13.6 Å². The van der Waals surface area contributed by atoms with Gasteiger partial charge < -0.3 is 14.2 Å². The van der Waals surface area contributed by atoms with Crippen LogP contribution in [0.5, 0.6) is 0 Å². The Kier molecular flexibility index (Phi) is 5.20. The summed E-state index contributed by atoms with van der Waals surface area (Å²) in [4.78, 5) is 14.5. The van der Waals surface area contributed by atoms with E-state index in [2.05, 4.69) is 0 Å². The molecule has 7 heteroatoms. The Morgan fingerprint density at radius 1 is 1.26 bits per heavy atom. The number of benzene rings is 1. The zero-order valence-corrected chi connectivity index (χ0v) is 16.4. The molecule has 1 aromatic carbocycles. The Labute approximate surface area is 158 Å². The minimum absolute atomic E-state index is 0.0936. The molecule has 0 N–H and O–H groups in total. The van der Waals surface area contributed by atoms with E-state index in [-0.39, 0.29) is 18.6 Å². The fourth-order valence-corrected chi connectivity index (χ4v) is 3.60. The molecule has 150 valence electrons. The van der Waals surface area contributed by atoms with Crippen LogP contribution < -0.4 is 0 Å². The molecule has 2 saturated heterocycles. The van der Waals surface area contributed by atoms with E-state index in [1.807, 2.05) is 0 Å². The van der Waals surface area contributed by atoms with Crippen molar-refractivity contribution in [2.75, 3.05) is 6.61 Å². The molecule has 0 aromatic heterocycles. The zero-order valence-electron chi connectivity index (χ0n) is 16.4. The highest BCUT2D eigenvalue weighted by Gasteiger charge is 2.52. The van der Waals surface area contributed by atoms with Crippen LogP contribution in [0.3, 0.4) is 0 Å². The van der Waals surface area contributed by atoms with Crippen molar-refractivity contribution in [2.24, 2.45) is 0 Å². The van der Waals surface area contributed by atoms with Gasteiger partial charge in [0.1, 0.15) is 23.0 Å². The summed E-state index contributed by atoms with van der Waals surface area (Å²) in [5, 5.41) is 0. The Hall–Kier alpha value is -1.73. The molecule has 2 aliphatic heterocycles. The lowest BCUT2D eigenvalue weighted by Gasteiger charge is -2.35. The second-order valence-electron chi connectivity index (χ2n) is 8.69. The first-order valence-electron chi connectivity index (χ1n) is 9.21. The van der Waals surface area contributed by atoms with E-state index in [1.54, 1.807) is 39.5 Å². The molecule has 1 amide bonds. The molecule has 2 fully saturated rings. The van der Waals surface area contributed by atoms with Gasteiger partial charge in [-0.15, -0.1) is 0 Å². The Morgan fingerprint density at radius 2 is 1.85 bits per heavy atom. The first kappa shape index (κ1) is 20.0. The van der Waals surface area contributed by atoms with Crippen LogP contribution in [0.4, 0.5) is 13.6 Å². The number of amides is 1. The van der Waals surface area contributed by atoms with Gasteiger partial charge in [-0.1, -0.05) is 0 Å². The van der Waals surface area contributed by atoms with Gasteiger partial charge >= 0.3 is 6.09 Å². The predicted octanol–water partition coefficient (Wildman–Crippen LogP) is 4.04. The average Bonchev–Trinajstić information content (AvgIpc) is 3.21. The second-order valence-corrected chi connectivity index (χ2v) is 8.69. The van der Waals surface area contributed by atoms with Crippen LogP contribution in [0.2, 0.25) is 0 Å². The summed E-state index contributed by atoms with van der Waals surface area (Å²) < 4.78 is 44.3. The molecule has 0 spiro atoms. The molecule has 0 radical (unpaired) electrons. The lowest BCUT2D eigenvalue weighted by atomic mass is 9.97. The first-order chi connectivity index (χ1) is 12.4. The first-order valence-corrected chi connectivity index (χ1v) is 9.21. The second kappa shape index (κ2) is 7.02. The summed E-state index contributed by atoms with van der Waals surface area (Å²) in [5.41, 5.74) is -1.10. The van der Waals surface area contributed by atoms with Gasteiger partial charge in [-0.25, -0.2) is 13.6 Å². The number of carbonyl (C=O) groups excluding carboxylic acids is 1. The van der Waals surface area contributed by atoms with Gasteiger partial charge in [-0.2, -0.15) is 0 Å². The number of epoxide rings is 1. The number of ether oxygens (including phenoxy) is 3. The van der Waals surface area contributed by atoms with E-state index in [4.69, 9.17) is 14.2 Å². The lowest BCUT2D eigenvalue weighted by molar-refractivity contribution is -0.0805. The third kappa shape index (κ3) is 4.96. The van der Waals surface area contributed by atoms with Crippen molar-refractivity contribution in [3.63, 3.8) is 0 Å². The van der Waals surface area contributed by atoms with Crippen molar-refractivity contribution >= 4 is 6.09 Å². The van der Waals surface area contributed by atoms with Crippen LogP contribution in [0, 0.1) is 11.6 Å². The third-order valence-corrected chi connectivity index (χ3v) is 4.64. The largest absolute Gasteiger partial charge is 0.444 e. The quantitative estimate of drug-likeness (QED) is 0.737. The molecule has 2 aliphatic rings. The fraction of sp³-hybridized carbons (Fsp3) is 0.650. The van der Waals surface area contributed by atoms with Gasteiger partial charge in [0, 0.05) is 12.5 Å². The molecule has 5 nitrogen and oxygen atoms in total. The topological polar surface area (TPSA) is 51.3 Å². The molecule has 1 aromatic rings. The van der Waals surface area contributed by atoms with Crippen molar-refractivity contribution in [2.45, 2.75) is 77.0 Å². The van der Waals surface area contributed by atoms with Crippen molar-refractivity contribution in [3.05, 3.63) is 35.4 Å². The highest BCUT2D eigenvalue weighted by Crippen LogP contribution is 2.38. The molecule has 3 rings (SSSR count). The summed E-state index contributed by atoms with van der Waals surface area (Å²) >= 11 is 0. The Bertz CT molecular complexity index is 692. The summed E-state index contributed by atoms with van der Waals surface area (Å²) in [7, 11) is 0. The monoisotopic (exact) mass is 383 g/mol. The van der Waals surface area contributed by atoms with Crippen LogP contribution in [0.25, 0.3) is 0 Å². The molecule has 27 heavy (non-hydrogen) atoms. The maximum absolute atomic E-state index is 13.7. The van der Waals surface area contributed by atoms with Gasteiger partial charge in [0.2, 0.25) is 0 Å². The highest BCUT2D eigenvalue weighted by atomic mass is 19.1. The van der Waals surface area contributed by atoms with E-state index >= 15 is 0 Å². The third-order valence-electron chi connectivity index (χ3n) is 4.64. The summed E-state index contributed by atoms with van der Waals surface area (Å²) in [6.07, 6.45) is 0.149. The van der Waals surface area contributed by atoms with E-state index < -0.39 is 35.1 Å². The smallest absolute Gasteiger partial charge is 0.412 e. The number of halogens is 2. The Balaban J connectivity index is 1.89. The van der Waals surface area contributed by atoms with Crippen LogP contribution in [0.15, 0.2) is 18.2 Å². The molecule has 0 saturated carbocycles. The van der Waals surface area contributed by atoms with E-state index in [0.29, 0.717) is 18.6 Å². The molecular formula is C20H27F2NO4. The molecule has 1 unspecified atom stereocenters. The Morgan fingerprint density at radius 3 is 2.37 bits per heavy atom. The minimum atomic E-state index is -0.904. The maximum atomic E-state index is 13.7. The average molecular weight is 383 g/mol. The molecular weight excluding hydrogens is 356 g/mol. The van der Waals surface area contributed by atoms with Gasteiger partial charge in [0.15, 0.2) is 0 Å². The highest BCUT2D eigenvalue weighted by molar-refractivity contribution is 5.70. The van der Waals surface area contributed by atoms with Crippen LogP contribution in [0.1, 0.15) is 46.6 Å². The maximum Gasteiger partial charge on any atom is 0.412 e. The lowest BCUT2D eigenvalue weighted by Crippen LogP contribution is -2.51. The molecule has 2 heterocycles. The predicted molar refractivity (Wildman–Crippen MR) is 95.2 cm³/mol. The van der Waals surface area contributed by atoms with Crippen LogP contribution in [-0.2, 0) is 20.6 Å². The number of carbonyl (C=O) groups is 1. The number of rotatable bonds is 4. The van der Waals surface area contributed by atoms with Crippen molar-refractivity contribution in [1.82, 2.24) is 4.90 Å². The van der Waals surface area contributed by atoms with Crippen LogP contribution in [-0.4, -0.2) is 47.2 Å². The number of nitrogens with zero attached hydrogens (tertiary/aromatic N) is 1. The fourth-order valence-electron chi connectivity index (χ4n) is 3.60.